The number of carbonyl (C=O) groups excluding carboxylic acids is 1. The van der Waals surface area contributed by atoms with Crippen molar-refractivity contribution < 1.29 is 9.18 Å². The number of hydrogen-bond acceptors (Lipinski definition) is 2. The van der Waals surface area contributed by atoms with Crippen LogP contribution in [0.15, 0.2) is 18.2 Å². The Balaban J connectivity index is 2.04. The lowest BCUT2D eigenvalue weighted by molar-refractivity contribution is -0.121. The van der Waals surface area contributed by atoms with Crippen LogP contribution in [0.25, 0.3) is 0 Å². The van der Waals surface area contributed by atoms with E-state index in [1.54, 1.807) is 0 Å². The second-order valence-corrected chi connectivity index (χ2v) is 4.73. The fraction of sp³-hybridized carbons (Fsp3) is 0.417. The molecule has 1 aromatic rings. The second kappa shape index (κ2) is 5.02. The molecule has 2 rings (SSSR count). The van der Waals surface area contributed by atoms with Gasteiger partial charge in [0.1, 0.15) is 5.82 Å². The van der Waals surface area contributed by atoms with Gasteiger partial charge in [-0.2, -0.15) is 0 Å². The summed E-state index contributed by atoms with van der Waals surface area (Å²) in [5.41, 5.74) is 0.329. The number of anilines is 1. The molecule has 1 amide bonds. The normalized spacial score (nSPS) is 17.4. The van der Waals surface area contributed by atoms with E-state index in [0.717, 1.165) is 13.1 Å². The van der Waals surface area contributed by atoms with Gasteiger partial charge in [-0.1, -0.05) is 18.5 Å². The summed E-state index contributed by atoms with van der Waals surface area (Å²) in [5, 5.41) is 6.12. The quantitative estimate of drug-likeness (QED) is 0.871. The predicted molar refractivity (Wildman–Crippen MR) is 65.6 cm³/mol. The molecule has 1 heterocycles. The van der Waals surface area contributed by atoms with Crippen molar-refractivity contribution in [3.8, 4) is 0 Å². The molecule has 92 valence electrons. The first-order chi connectivity index (χ1) is 8.08. The lowest BCUT2D eigenvalue weighted by atomic mass is 9.88. The van der Waals surface area contributed by atoms with Crippen LogP contribution >= 0.6 is 11.6 Å². The molecule has 0 aromatic heterocycles. The fourth-order valence-corrected chi connectivity index (χ4v) is 1.88. The van der Waals surface area contributed by atoms with Crippen molar-refractivity contribution in [1.82, 2.24) is 5.32 Å². The first-order valence-corrected chi connectivity index (χ1v) is 5.92. The van der Waals surface area contributed by atoms with Gasteiger partial charge in [-0.3, -0.25) is 4.79 Å². The van der Waals surface area contributed by atoms with E-state index in [-0.39, 0.29) is 11.8 Å². The van der Waals surface area contributed by atoms with Crippen LogP contribution in [0.1, 0.15) is 6.92 Å². The van der Waals surface area contributed by atoms with Gasteiger partial charge in [-0.25, -0.2) is 4.39 Å². The highest BCUT2D eigenvalue weighted by atomic mass is 35.5. The number of amides is 1. The van der Waals surface area contributed by atoms with E-state index >= 15 is 0 Å². The Morgan fingerprint density at radius 2 is 2.29 bits per heavy atom. The molecule has 3 nitrogen and oxygen atoms in total. The molecule has 0 saturated carbocycles. The molecule has 1 saturated heterocycles. The minimum Gasteiger partial charge on any atom is -0.324 e. The molecule has 5 heteroatoms. The van der Waals surface area contributed by atoms with Crippen molar-refractivity contribution in [2.24, 2.45) is 11.8 Å². The van der Waals surface area contributed by atoms with Crippen LogP contribution in [0.2, 0.25) is 5.02 Å². The summed E-state index contributed by atoms with van der Waals surface area (Å²) in [6.45, 7) is 3.57. The molecule has 1 fully saturated rings. The van der Waals surface area contributed by atoms with Crippen LogP contribution in [-0.4, -0.2) is 19.0 Å². The number of carbonyl (C=O) groups is 1. The van der Waals surface area contributed by atoms with E-state index in [1.165, 1.54) is 18.2 Å². The van der Waals surface area contributed by atoms with Gasteiger partial charge >= 0.3 is 0 Å². The molecule has 0 bridgehead atoms. The van der Waals surface area contributed by atoms with E-state index in [0.29, 0.717) is 16.6 Å². The van der Waals surface area contributed by atoms with Gasteiger partial charge in [-0.15, -0.1) is 0 Å². The Labute approximate surface area is 104 Å². The Morgan fingerprint density at radius 3 is 2.88 bits per heavy atom. The van der Waals surface area contributed by atoms with Crippen LogP contribution in [0, 0.1) is 17.7 Å². The molecule has 2 N–H and O–H groups in total. The maximum absolute atomic E-state index is 13.0. The lowest BCUT2D eigenvalue weighted by Crippen LogP contribution is -2.48. The summed E-state index contributed by atoms with van der Waals surface area (Å²) in [5.74, 6) is -0.287. The van der Waals surface area contributed by atoms with Crippen molar-refractivity contribution >= 4 is 23.2 Å². The maximum atomic E-state index is 13.0. The third kappa shape index (κ3) is 2.76. The number of hydrogen-bond donors (Lipinski definition) is 2. The van der Waals surface area contributed by atoms with Gasteiger partial charge in [0.05, 0.1) is 10.7 Å². The Morgan fingerprint density at radius 1 is 1.59 bits per heavy atom. The lowest BCUT2D eigenvalue weighted by Gasteiger charge is -2.31. The van der Waals surface area contributed by atoms with Crippen LogP contribution in [0.5, 0.6) is 0 Å². The Hall–Kier alpha value is -1.13. The zero-order valence-electron chi connectivity index (χ0n) is 9.47. The summed E-state index contributed by atoms with van der Waals surface area (Å²) < 4.78 is 13.0. The van der Waals surface area contributed by atoms with Crippen molar-refractivity contribution in [1.29, 1.82) is 0 Å². The zero-order valence-corrected chi connectivity index (χ0v) is 10.2. The van der Waals surface area contributed by atoms with Gasteiger partial charge in [0.25, 0.3) is 0 Å². The van der Waals surface area contributed by atoms with Crippen molar-refractivity contribution in [3.63, 3.8) is 0 Å². The monoisotopic (exact) mass is 256 g/mol. The van der Waals surface area contributed by atoms with E-state index < -0.39 is 5.82 Å². The topological polar surface area (TPSA) is 41.1 Å². The van der Waals surface area contributed by atoms with Crippen molar-refractivity contribution in [3.05, 3.63) is 29.0 Å². The first-order valence-electron chi connectivity index (χ1n) is 5.54. The summed E-state index contributed by atoms with van der Waals surface area (Å²) in [7, 11) is 0. The zero-order chi connectivity index (χ0) is 12.4. The fourth-order valence-electron chi connectivity index (χ4n) is 1.72. The third-order valence-electron chi connectivity index (χ3n) is 3.12. The summed E-state index contributed by atoms with van der Waals surface area (Å²) >= 11 is 5.88. The molecule has 17 heavy (non-hydrogen) atoms. The molecule has 1 unspecified atom stereocenters. The average molecular weight is 257 g/mol. The second-order valence-electron chi connectivity index (χ2n) is 4.32. The molecular formula is C12H14ClFN2O. The number of rotatable bonds is 3. The highest BCUT2D eigenvalue weighted by Gasteiger charge is 2.28. The summed E-state index contributed by atoms with van der Waals surface area (Å²) in [6.07, 6.45) is 0. The summed E-state index contributed by atoms with van der Waals surface area (Å²) in [4.78, 5) is 11.9. The Kier molecular flexibility index (Phi) is 3.64. The maximum Gasteiger partial charge on any atom is 0.227 e. The van der Waals surface area contributed by atoms with Gasteiger partial charge in [0, 0.05) is 5.92 Å². The molecule has 0 spiro atoms. The van der Waals surface area contributed by atoms with Crippen LogP contribution < -0.4 is 10.6 Å². The van der Waals surface area contributed by atoms with Gasteiger partial charge in [0.15, 0.2) is 0 Å². The van der Waals surface area contributed by atoms with Crippen LogP contribution in [0.4, 0.5) is 10.1 Å². The van der Waals surface area contributed by atoms with Gasteiger partial charge < -0.3 is 10.6 Å². The van der Waals surface area contributed by atoms with E-state index in [1.807, 2.05) is 6.92 Å². The molecule has 1 aliphatic rings. The molecular weight excluding hydrogens is 243 g/mol. The average Bonchev–Trinajstić information content (AvgIpc) is 2.21. The largest absolute Gasteiger partial charge is 0.324 e. The van der Waals surface area contributed by atoms with E-state index in [4.69, 9.17) is 11.6 Å². The molecule has 1 atom stereocenters. The smallest absolute Gasteiger partial charge is 0.227 e. The van der Waals surface area contributed by atoms with Crippen LogP contribution in [-0.2, 0) is 4.79 Å². The molecule has 1 aliphatic heterocycles. The van der Waals surface area contributed by atoms with E-state index in [2.05, 4.69) is 10.6 Å². The molecule has 0 aliphatic carbocycles. The number of benzene rings is 1. The van der Waals surface area contributed by atoms with Crippen molar-refractivity contribution in [2.45, 2.75) is 6.92 Å². The molecule has 1 aromatic carbocycles. The van der Waals surface area contributed by atoms with E-state index in [9.17, 15) is 9.18 Å². The predicted octanol–water partition coefficient (Wildman–Crippen LogP) is 2.27. The van der Waals surface area contributed by atoms with Gasteiger partial charge in [-0.05, 0) is 37.2 Å². The Bertz CT molecular complexity index is 435. The highest BCUT2D eigenvalue weighted by molar-refractivity contribution is 6.33. The first kappa shape index (κ1) is 12.3. The molecule has 0 radical (unpaired) electrons. The highest BCUT2D eigenvalue weighted by Crippen LogP contribution is 2.24. The van der Waals surface area contributed by atoms with Gasteiger partial charge in [0.2, 0.25) is 5.91 Å². The number of nitrogens with one attached hydrogen (secondary N) is 2. The minimum absolute atomic E-state index is 0.101. The summed E-state index contributed by atoms with van der Waals surface area (Å²) in [6, 6.07) is 3.92. The van der Waals surface area contributed by atoms with Crippen molar-refractivity contribution in [2.75, 3.05) is 18.4 Å². The van der Waals surface area contributed by atoms with Crippen LogP contribution in [0.3, 0.4) is 0 Å². The minimum atomic E-state index is -0.414. The standard InChI is InChI=1S/C12H14ClFN2O/c1-7(8-5-15-6-8)12(17)16-11-4-9(14)2-3-10(11)13/h2-4,7-8,15H,5-6H2,1H3,(H,16,17). The third-order valence-corrected chi connectivity index (χ3v) is 3.45. The number of halogens is 2. The SMILES string of the molecule is CC(C(=O)Nc1cc(F)ccc1Cl)C1CNC1.